The molecule has 0 saturated carbocycles. The van der Waals surface area contributed by atoms with Gasteiger partial charge in [-0.05, 0) is 40.7 Å². The second-order valence-electron chi connectivity index (χ2n) is 4.44. The van der Waals surface area contributed by atoms with Crippen LogP contribution >= 0.6 is 27.7 Å². The lowest BCUT2D eigenvalue weighted by Gasteiger charge is -2.23. The largest absolute Gasteiger partial charge is 0.496 e. The van der Waals surface area contributed by atoms with Gasteiger partial charge in [-0.2, -0.15) is 11.8 Å². The zero-order valence-electron chi connectivity index (χ0n) is 11.6. The molecule has 1 N–H and O–H groups in total. The van der Waals surface area contributed by atoms with Crippen LogP contribution in [0.2, 0.25) is 0 Å². The molecule has 1 unspecified atom stereocenters. The Hall–Kier alpha value is -0.390. The summed E-state index contributed by atoms with van der Waals surface area (Å²) >= 11 is 5.54. The van der Waals surface area contributed by atoms with Crippen LogP contribution in [0.5, 0.6) is 11.5 Å². The van der Waals surface area contributed by atoms with E-state index in [0.717, 1.165) is 40.4 Å². The zero-order chi connectivity index (χ0) is 13.8. The summed E-state index contributed by atoms with van der Waals surface area (Å²) in [5.41, 5.74) is 2.51. The van der Waals surface area contributed by atoms with E-state index in [1.165, 1.54) is 11.1 Å². The van der Waals surface area contributed by atoms with Gasteiger partial charge in [0, 0.05) is 22.9 Å². The second-order valence-corrected chi connectivity index (χ2v) is 6.40. The van der Waals surface area contributed by atoms with E-state index in [1.54, 1.807) is 14.2 Å². The van der Waals surface area contributed by atoms with Crippen molar-refractivity contribution in [3.8, 4) is 11.5 Å². The maximum absolute atomic E-state index is 5.62. The van der Waals surface area contributed by atoms with E-state index >= 15 is 0 Å². The van der Waals surface area contributed by atoms with Crippen molar-refractivity contribution in [1.82, 2.24) is 5.32 Å². The van der Waals surface area contributed by atoms with Crippen LogP contribution in [-0.4, -0.2) is 26.5 Å². The highest BCUT2D eigenvalue weighted by atomic mass is 79.9. The third-order valence-electron chi connectivity index (χ3n) is 3.36. The van der Waals surface area contributed by atoms with Crippen molar-refractivity contribution >= 4 is 27.7 Å². The molecule has 2 rings (SSSR count). The Morgan fingerprint density at radius 1 is 1.42 bits per heavy atom. The summed E-state index contributed by atoms with van der Waals surface area (Å²) in [6, 6.07) is 2.34. The zero-order valence-corrected chi connectivity index (χ0v) is 14.0. The summed E-state index contributed by atoms with van der Waals surface area (Å²) in [5, 5.41) is 3.56. The molecule has 5 heteroatoms. The summed E-state index contributed by atoms with van der Waals surface area (Å²) in [6.45, 7) is 3.09. The molecule has 0 aromatic heterocycles. The van der Waals surface area contributed by atoms with Crippen LogP contribution in [0.25, 0.3) is 0 Å². The maximum atomic E-state index is 5.62. The van der Waals surface area contributed by atoms with Gasteiger partial charge in [0.25, 0.3) is 0 Å². The van der Waals surface area contributed by atoms with Gasteiger partial charge in [0.05, 0.1) is 18.7 Å². The number of hydrogen-bond donors (Lipinski definition) is 1. The van der Waals surface area contributed by atoms with E-state index in [4.69, 9.17) is 9.47 Å². The minimum absolute atomic E-state index is 0.330. The van der Waals surface area contributed by atoms with Crippen LogP contribution < -0.4 is 14.8 Å². The first-order chi connectivity index (χ1) is 9.22. The van der Waals surface area contributed by atoms with E-state index in [-0.39, 0.29) is 0 Å². The molecule has 1 aliphatic rings. The molecule has 1 aromatic rings. The number of rotatable bonds is 4. The third kappa shape index (κ3) is 3.03. The molecule has 1 heterocycles. The van der Waals surface area contributed by atoms with Crippen molar-refractivity contribution < 1.29 is 9.47 Å². The van der Waals surface area contributed by atoms with E-state index < -0.39 is 0 Å². The molecule has 0 aliphatic carbocycles. The predicted molar refractivity (Wildman–Crippen MR) is 84.4 cm³/mol. The Bertz CT molecular complexity index is 454. The van der Waals surface area contributed by atoms with Crippen molar-refractivity contribution in [2.24, 2.45) is 0 Å². The van der Waals surface area contributed by atoms with Gasteiger partial charge in [0.15, 0.2) is 0 Å². The number of hydrogen-bond acceptors (Lipinski definition) is 4. The fourth-order valence-corrected chi connectivity index (χ4v) is 4.18. The van der Waals surface area contributed by atoms with Crippen molar-refractivity contribution in [3.63, 3.8) is 0 Å². The Morgan fingerprint density at radius 3 is 2.84 bits per heavy atom. The Labute approximate surface area is 127 Å². The van der Waals surface area contributed by atoms with Crippen molar-refractivity contribution in [1.29, 1.82) is 0 Å². The van der Waals surface area contributed by atoms with E-state index in [2.05, 4.69) is 28.2 Å². The molecule has 0 bridgehead atoms. The van der Waals surface area contributed by atoms with Gasteiger partial charge >= 0.3 is 0 Å². The van der Waals surface area contributed by atoms with Crippen LogP contribution in [0, 0.1) is 0 Å². The molecule has 0 amide bonds. The Morgan fingerprint density at radius 2 is 2.21 bits per heavy atom. The number of nitrogens with one attached hydrogen (secondary N) is 1. The van der Waals surface area contributed by atoms with E-state index in [0.29, 0.717) is 6.04 Å². The number of halogens is 1. The summed E-state index contributed by atoms with van der Waals surface area (Å²) in [4.78, 5) is 0. The monoisotopic (exact) mass is 345 g/mol. The molecular formula is C14H20BrNO2S. The summed E-state index contributed by atoms with van der Waals surface area (Å²) in [7, 11) is 3.46. The van der Waals surface area contributed by atoms with Crippen LogP contribution in [0.15, 0.2) is 10.5 Å². The minimum Gasteiger partial charge on any atom is -0.496 e. The predicted octanol–water partition coefficient (Wildman–Crippen LogP) is 3.75. The molecule has 1 aromatic carbocycles. The number of benzene rings is 1. The van der Waals surface area contributed by atoms with Crippen molar-refractivity contribution in [2.75, 3.05) is 26.5 Å². The van der Waals surface area contributed by atoms with Crippen LogP contribution in [0.3, 0.4) is 0 Å². The van der Waals surface area contributed by atoms with Crippen LogP contribution in [0.4, 0.5) is 0 Å². The SMILES string of the molecule is CCNC1CCSCc2c(OC)cc(Br)c(OC)c21. The van der Waals surface area contributed by atoms with Gasteiger partial charge in [-0.1, -0.05) is 6.92 Å². The third-order valence-corrected chi connectivity index (χ3v) is 4.97. The minimum atomic E-state index is 0.330. The molecule has 0 radical (unpaired) electrons. The van der Waals surface area contributed by atoms with Gasteiger partial charge in [-0.3, -0.25) is 0 Å². The molecule has 1 aliphatic heterocycles. The van der Waals surface area contributed by atoms with Gasteiger partial charge in [0.1, 0.15) is 11.5 Å². The lowest BCUT2D eigenvalue weighted by Crippen LogP contribution is -2.22. The molecule has 3 nitrogen and oxygen atoms in total. The number of fused-ring (bicyclic) bond motifs is 1. The van der Waals surface area contributed by atoms with Gasteiger partial charge < -0.3 is 14.8 Å². The molecule has 0 saturated heterocycles. The smallest absolute Gasteiger partial charge is 0.138 e. The molecule has 0 spiro atoms. The first-order valence-electron chi connectivity index (χ1n) is 6.47. The lowest BCUT2D eigenvalue weighted by molar-refractivity contribution is 0.384. The molecular weight excluding hydrogens is 326 g/mol. The standard InChI is InChI=1S/C14H20BrNO2S/c1-4-16-11-5-6-19-8-9-12(17-2)7-10(15)14(18-3)13(9)11/h7,11,16H,4-6,8H2,1-3H3. The second kappa shape index (κ2) is 6.86. The lowest BCUT2D eigenvalue weighted by atomic mass is 9.97. The van der Waals surface area contributed by atoms with Crippen LogP contribution in [-0.2, 0) is 5.75 Å². The Balaban J connectivity index is 2.60. The van der Waals surface area contributed by atoms with Crippen molar-refractivity contribution in [3.05, 3.63) is 21.7 Å². The highest BCUT2D eigenvalue weighted by Gasteiger charge is 2.26. The summed E-state index contributed by atoms with van der Waals surface area (Å²) in [6.07, 6.45) is 1.11. The van der Waals surface area contributed by atoms with Gasteiger partial charge in [-0.15, -0.1) is 0 Å². The quantitative estimate of drug-likeness (QED) is 0.899. The highest BCUT2D eigenvalue weighted by molar-refractivity contribution is 9.10. The molecule has 1 atom stereocenters. The van der Waals surface area contributed by atoms with Gasteiger partial charge in [-0.25, -0.2) is 0 Å². The normalized spacial score (nSPS) is 18.6. The first kappa shape index (κ1) is 15.0. The van der Waals surface area contributed by atoms with E-state index in [1.807, 2.05) is 17.8 Å². The average Bonchev–Trinajstić information content (AvgIpc) is 2.62. The molecule has 0 fully saturated rings. The highest BCUT2D eigenvalue weighted by Crippen LogP contribution is 2.45. The summed E-state index contributed by atoms with van der Waals surface area (Å²) in [5.74, 6) is 4.00. The van der Waals surface area contributed by atoms with Gasteiger partial charge in [0.2, 0.25) is 0 Å². The number of thioether (sulfide) groups is 1. The van der Waals surface area contributed by atoms with E-state index in [9.17, 15) is 0 Å². The Kier molecular flexibility index (Phi) is 5.42. The van der Waals surface area contributed by atoms with Crippen molar-refractivity contribution in [2.45, 2.75) is 25.1 Å². The molecule has 19 heavy (non-hydrogen) atoms. The number of methoxy groups -OCH3 is 2. The maximum Gasteiger partial charge on any atom is 0.138 e. The fraction of sp³-hybridized carbons (Fsp3) is 0.571. The topological polar surface area (TPSA) is 30.5 Å². The number of ether oxygens (including phenoxy) is 2. The summed E-state index contributed by atoms with van der Waals surface area (Å²) < 4.78 is 12.1. The van der Waals surface area contributed by atoms with Crippen LogP contribution in [0.1, 0.15) is 30.5 Å². The molecule has 106 valence electrons. The average molecular weight is 346 g/mol. The first-order valence-corrected chi connectivity index (χ1v) is 8.42. The fourth-order valence-electron chi connectivity index (χ4n) is 2.54.